The zero-order valence-electron chi connectivity index (χ0n) is 9.37. The van der Waals surface area contributed by atoms with Gasteiger partial charge in [-0.2, -0.15) is 0 Å². The number of hydrogen-bond donors (Lipinski definition) is 1. The van der Waals surface area contributed by atoms with E-state index < -0.39 is 11.3 Å². The molecule has 0 bridgehead atoms. The van der Waals surface area contributed by atoms with E-state index in [0.717, 1.165) is 25.7 Å². The van der Waals surface area contributed by atoms with E-state index in [1.807, 2.05) is 0 Å². The molecule has 0 radical (unpaired) electrons. The van der Waals surface area contributed by atoms with Gasteiger partial charge in [0, 0.05) is 17.3 Å². The molecule has 0 saturated heterocycles. The van der Waals surface area contributed by atoms with Crippen molar-refractivity contribution >= 4 is 11.3 Å². The molecule has 4 heteroatoms. The molecule has 1 fully saturated rings. The van der Waals surface area contributed by atoms with Crippen molar-refractivity contribution in [3.63, 3.8) is 0 Å². The van der Waals surface area contributed by atoms with Crippen molar-refractivity contribution in [2.45, 2.75) is 70.3 Å². The Kier molecular flexibility index (Phi) is 7.22. The fraction of sp³-hybridized carbons (Fsp3) is 1.00. The van der Waals surface area contributed by atoms with Crippen LogP contribution < -0.4 is 4.72 Å². The average Bonchev–Trinajstić information content (AvgIpc) is 2.23. The number of rotatable bonds is 2. The summed E-state index contributed by atoms with van der Waals surface area (Å²) in [5.74, 6) is 0. The van der Waals surface area contributed by atoms with Crippen LogP contribution in [0, 0.1) is 0 Å². The van der Waals surface area contributed by atoms with Crippen LogP contribution in [0.3, 0.4) is 0 Å². The molecule has 1 unspecified atom stereocenters. The zero-order valence-corrected chi connectivity index (χ0v) is 10.2. The van der Waals surface area contributed by atoms with Crippen LogP contribution in [0.4, 0.5) is 0 Å². The summed E-state index contributed by atoms with van der Waals surface area (Å²) in [6, 6.07) is 0.182. The monoisotopic (exact) mass is 232 g/mol. The molecule has 0 spiro atoms. The third kappa shape index (κ3) is 7.03. The van der Waals surface area contributed by atoms with Crippen LogP contribution in [0.2, 0.25) is 0 Å². The molecule has 15 heavy (non-hydrogen) atoms. The third-order valence-electron chi connectivity index (χ3n) is 3.12. The largest absolute Gasteiger partial charge is 0.760 e. The maximum atomic E-state index is 10.6. The molecular weight excluding hydrogens is 210 g/mol. The standard InChI is InChI=1S/C11H23NO2S/c13-15(14)12-11-9-7-5-3-1-2-4-6-8-10-11/h11-12H,1-10H2,(H,13,14)/p-1. The third-order valence-corrected chi connectivity index (χ3v) is 3.64. The van der Waals surface area contributed by atoms with E-state index in [-0.39, 0.29) is 6.04 Å². The second-order valence-electron chi connectivity index (χ2n) is 4.46. The molecule has 1 aliphatic carbocycles. The SMILES string of the molecule is O=S([O-])NC1CCCCCCCCCC1. The van der Waals surface area contributed by atoms with Crippen molar-refractivity contribution in [2.24, 2.45) is 0 Å². The molecule has 0 aromatic carbocycles. The molecule has 0 aromatic rings. The molecule has 1 N–H and O–H groups in total. The van der Waals surface area contributed by atoms with Crippen molar-refractivity contribution in [1.29, 1.82) is 0 Å². The average molecular weight is 232 g/mol. The van der Waals surface area contributed by atoms with Gasteiger partial charge in [0.25, 0.3) is 0 Å². The predicted molar refractivity (Wildman–Crippen MR) is 62.0 cm³/mol. The Balaban J connectivity index is 2.28. The first-order valence-electron chi connectivity index (χ1n) is 6.14. The summed E-state index contributed by atoms with van der Waals surface area (Å²) < 4.78 is 23.8. The summed E-state index contributed by atoms with van der Waals surface area (Å²) in [6.45, 7) is 0. The van der Waals surface area contributed by atoms with Gasteiger partial charge in [0.2, 0.25) is 0 Å². The quantitative estimate of drug-likeness (QED) is 0.744. The van der Waals surface area contributed by atoms with E-state index in [1.165, 1.54) is 38.5 Å². The van der Waals surface area contributed by atoms with E-state index in [0.29, 0.717) is 0 Å². The summed E-state index contributed by atoms with van der Waals surface area (Å²) >= 11 is -2.09. The van der Waals surface area contributed by atoms with Gasteiger partial charge in [-0.25, -0.2) is 4.72 Å². The summed E-state index contributed by atoms with van der Waals surface area (Å²) in [5.41, 5.74) is 0. The minimum Gasteiger partial charge on any atom is -0.760 e. The maximum absolute atomic E-state index is 10.6. The highest BCUT2D eigenvalue weighted by molar-refractivity contribution is 7.77. The Morgan fingerprint density at radius 3 is 1.67 bits per heavy atom. The summed E-state index contributed by atoms with van der Waals surface area (Å²) in [6.07, 6.45) is 12.2. The van der Waals surface area contributed by atoms with Gasteiger partial charge in [0.05, 0.1) is 0 Å². The van der Waals surface area contributed by atoms with Crippen LogP contribution in [-0.4, -0.2) is 14.8 Å². The van der Waals surface area contributed by atoms with E-state index >= 15 is 0 Å². The van der Waals surface area contributed by atoms with Crippen molar-refractivity contribution < 1.29 is 8.76 Å². The molecule has 1 saturated carbocycles. The van der Waals surface area contributed by atoms with Gasteiger partial charge in [0.1, 0.15) is 0 Å². The molecule has 0 aromatic heterocycles. The molecule has 0 amide bonds. The number of hydrogen-bond acceptors (Lipinski definition) is 2. The molecular formula is C11H22NO2S-. The Morgan fingerprint density at radius 1 is 0.867 bits per heavy atom. The van der Waals surface area contributed by atoms with Crippen molar-refractivity contribution in [2.75, 3.05) is 0 Å². The molecule has 0 aliphatic heterocycles. The lowest BCUT2D eigenvalue weighted by atomic mass is 10.0. The van der Waals surface area contributed by atoms with Gasteiger partial charge in [-0.15, -0.1) is 0 Å². The lowest BCUT2D eigenvalue weighted by Crippen LogP contribution is -2.30. The van der Waals surface area contributed by atoms with E-state index in [2.05, 4.69) is 4.72 Å². The lowest BCUT2D eigenvalue weighted by molar-refractivity contribution is 0.451. The second kappa shape index (κ2) is 8.25. The first kappa shape index (κ1) is 13.1. The summed E-state index contributed by atoms with van der Waals surface area (Å²) in [7, 11) is 0. The van der Waals surface area contributed by atoms with E-state index in [1.54, 1.807) is 0 Å². The smallest absolute Gasteiger partial charge is 0.0184 e. The summed E-state index contributed by atoms with van der Waals surface area (Å²) in [5, 5.41) is 0. The molecule has 0 heterocycles. The Labute approximate surface area is 95.4 Å². The van der Waals surface area contributed by atoms with Crippen LogP contribution in [0.25, 0.3) is 0 Å². The van der Waals surface area contributed by atoms with Gasteiger partial charge < -0.3 is 4.55 Å². The highest BCUT2D eigenvalue weighted by Gasteiger charge is 2.08. The lowest BCUT2D eigenvalue weighted by Gasteiger charge is -2.19. The normalized spacial score (nSPS) is 24.3. The van der Waals surface area contributed by atoms with E-state index in [4.69, 9.17) is 0 Å². The second-order valence-corrected chi connectivity index (χ2v) is 5.16. The van der Waals surface area contributed by atoms with Gasteiger partial charge in [-0.05, 0) is 12.8 Å². The molecule has 1 rings (SSSR count). The van der Waals surface area contributed by atoms with Crippen molar-refractivity contribution in [3.05, 3.63) is 0 Å². The highest BCUT2D eigenvalue weighted by atomic mass is 32.2. The zero-order chi connectivity index (χ0) is 10.9. The topological polar surface area (TPSA) is 52.2 Å². The summed E-state index contributed by atoms with van der Waals surface area (Å²) in [4.78, 5) is 0. The minimum absolute atomic E-state index is 0.182. The molecule has 90 valence electrons. The van der Waals surface area contributed by atoms with Gasteiger partial charge in [0.15, 0.2) is 0 Å². The minimum atomic E-state index is -2.09. The first-order valence-corrected chi connectivity index (χ1v) is 7.22. The molecule has 3 nitrogen and oxygen atoms in total. The fourth-order valence-corrected chi connectivity index (χ4v) is 2.75. The van der Waals surface area contributed by atoms with Crippen LogP contribution in [0.5, 0.6) is 0 Å². The first-order chi connectivity index (χ1) is 7.29. The maximum Gasteiger partial charge on any atom is 0.0184 e. The molecule has 1 aliphatic rings. The predicted octanol–water partition coefficient (Wildman–Crippen LogP) is 2.65. The van der Waals surface area contributed by atoms with Gasteiger partial charge in [-0.3, -0.25) is 4.21 Å². The van der Waals surface area contributed by atoms with Crippen LogP contribution >= 0.6 is 0 Å². The van der Waals surface area contributed by atoms with E-state index in [9.17, 15) is 8.76 Å². The van der Waals surface area contributed by atoms with Crippen molar-refractivity contribution in [3.8, 4) is 0 Å². The fourth-order valence-electron chi connectivity index (χ4n) is 2.24. The highest BCUT2D eigenvalue weighted by Crippen LogP contribution is 2.16. The number of nitrogens with one attached hydrogen (secondary N) is 1. The molecule has 1 atom stereocenters. The Bertz CT molecular complexity index is 175. The van der Waals surface area contributed by atoms with Crippen LogP contribution in [-0.2, 0) is 11.3 Å². The van der Waals surface area contributed by atoms with Gasteiger partial charge in [-0.1, -0.05) is 51.4 Å². The van der Waals surface area contributed by atoms with Gasteiger partial charge >= 0.3 is 0 Å². The Hall–Kier alpha value is 0.0700. The van der Waals surface area contributed by atoms with Crippen molar-refractivity contribution in [1.82, 2.24) is 4.72 Å². The Morgan fingerprint density at radius 2 is 1.27 bits per heavy atom. The van der Waals surface area contributed by atoms with Crippen LogP contribution in [0.1, 0.15) is 64.2 Å². The van der Waals surface area contributed by atoms with Crippen LogP contribution in [0.15, 0.2) is 0 Å².